The topological polar surface area (TPSA) is 54.6 Å². The molecule has 1 aromatic rings. The molecule has 1 atom stereocenters. The number of anilines is 1. The molecule has 2 fully saturated rings. The van der Waals surface area contributed by atoms with E-state index in [1.165, 1.54) is 17.0 Å². The Bertz CT molecular complexity index is 470. The lowest BCUT2D eigenvalue weighted by Gasteiger charge is -2.32. The normalized spacial score (nSPS) is 24.2. The van der Waals surface area contributed by atoms with Crippen molar-refractivity contribution in [3.8, 4) is 0 Å². The van der Waals surface area contributed by atoms with Gasteiger partial charge >= 0.3 is 0 Å². The number of rotatable bonds is 4. The third kappa shape index (κ3) is 3.23. The first-order valence-corrected chi connectivity index (χ1v) is 8.77. The molecule has 0 aromatic carbocycles. The maximum atomic E-state index is 5.87. The second kappa shape index (κ2) is 6.60. The lowest BCUT2D eigenvalue weighted by molar-refractivity contribution is 0.0209. The fraction of sp³-hybridized carbons (Fsp3) is 0.800. The zero-order valence-corrected chi connectivity index (χ0v) is 13.9. The molecule has 0 spiro atoms. The largest absolute Gasteiger partial charge is 0.379 e. The quantitative estimate of drug-likeness (QED) is 0.916. The summed E-state index contributed by atoms with van der Waals surface area (Å²) in [5.41, 5.74) is 7.06. The summed E-state index contributed by atoms with van der Waals surface area (Å²) in [6.45, 7) is 11.1. The lowest BCUT2D eigenvalue weighted by atomic mass is 10.1. The average Bonchev–Trinajstić information content (AvgIpc) is 3.14. The molecule has 1 aromatic heterocycles. The van der Waals surface area contributed by atoms with Crippen molar-refractivity contribution in [1.29, 1.82) is 0 Å². The number of aromatic nitrogens is 1. The molecule has 6 heteroatoms. The van der Waals surface area contributed by atoms with E-state index in [2.05, 4.69) is 23.6 Å². The van der Waals surface area contributed by atoms with E-state index in [-0.39, 0.29) is 0 Å². The number of morpholine rings is 1. The molecule has 0 aliphatic carbocycles. The molecule has 3 heterocycles. The predicted octanol–water partition coefficient (Wildman–Crippen LogP) is 1.64. The van der Waals surface area contributed by atoms with Crippen molar-refractivity contribution in [2.24, 2.45) is 5.73 Å². The first-order valence-electron chi connectivity index (χ1n) is 7.95. The molecule has 2 aliphatic heterocycles. The summed E-state index contributed by atoms with van der Waals surface area (Å²) in [5, 5.41) is 1.16. The molecule has 118 valence electrons. The van der Waals surface area contributed by atoms with Gasteiger partial charge in [0.25, 0.3) is 0 Å². The second-order valence-electron chi connectivity index (χ2n) is 6.20. The molecular weight excluding hydrogens is 284 g/mol. The van der Waals surface area contributed by atoms with E-state index in [1.807, 2.05) is 0 Å². The zero-order valence-electron chi connectivity index (χ0n) is 13.0. The van der Waals surface area contributed by atoms with E-state index in [1.54, 1.807) is 11.3 Å². The highest BCUT2D eigenvalue weighted by Crippen LogP contribution is 2.33. The Balaban J connectivity index is 1.68. The summed E-state index contributed by atoms with van der Waals surface area (Å²) in [7, 11) is 0. The Kier molecular flexibility index (Phi) is 4.78. The minimum Gasteiger partial charge on any atom is -0.379 e. The molecule has 2 N–H and O–H groups in total. The third-order valence-electron chi connectivity index (χ3n) is 4.44. The predicted molar refractivity (Wildman–Crippen MR) is 87.1 cm³/mol. The van der Waals surface area contributed by atoms with Crippen molar-refractivity contribution < 1.29 is 4.74 Å². The van der Waals surface area contributed by atoms with E-state index in [4.69, 9.17) is 15.5 Å². The van der Waals surface area contributed by atoms with Crippen molar-refractivity contribution in [1.82, 2.24) is 9.88 Å². The smallest absolute Gasteiger partial charge is 0.185 e. The van der Waals surface area contributed by atoms with Crippen LogP contribution in [0.2, 0.25) is 0 Å². The van der Waals surface area contributed by atoms with Gasteiger partial charge in [0.15, 0.2) is 5.13 Å². The van der Waals surface area contributed by atoms with Gasteiger partial charge in [0.2, 0.25) is 0 Å². The maximum absolute atomic E-state index is 5.87. The van der Waals surface area contributed by atoms with Gasteiger partial charge in [-0.1, -0.05) is 13.8 Å². The van der Waals surface area contributed by atoms with Gasteiger partial charge in [-0.15, -0.1) is 11.3 Å². The number of nitrogens with two attached hydrogens (primary N) is 1. The van der Waals surface area contributed by atoms with Crippen LogP contribution in [0.4, 0.5) is 5.13 Å². The third-order valence-corrected chi connectivity index (χ3v) is 5.60. The number of ether oxygens (including phenoxy) is 1. The minimum atomic E-state index is 0.450. The van der Waals surface area contributed by atoms with E-state index in [0.29, 0.717) is 18.5 Å². The summed E-state index contributed by atoms with van der Waals surface area (Å²) in [5.74, 6) is 0.450. The van der Waals surface area contributed by atoms with Crippen molar-refractivity contribution >= 4 is 16.5 Å². The highest BCUT2D eigenvalue weighted by Gasteiger charge is 2.30. The SMILES string of the molecule is CC(C)c1nc(N2CCC(N3CCOCC3)C2)sc1CN. The molecule has 2 saturated heterocycles. The lowest BCUT2D eigenvalue weighted by Crippen LogP contribution is -2.44. The fourth-order valence-corrected chi connectivity index (χ4v) is 4.37. The molecule has 21 heavy (non-hydrogen) atoms. The van der Waals surface area contributed by atoms with Gasteiger partial charge in [-0.25, -0.2) is 4.98 Å². The Morgan fingerprint density at radius 1 is 1.33 bits per heavy atom. The summed E-state index contributed by atoms with van der Waals surface area (Å²) in [4.78, 5) is 11.1. The summed E-state index contributed by atoms with van der Waals surface area (Å²) < 4.78 is 5.45. The van der Waals surface area contributed by atoms with Crippen LogP contribution < -0.4 is 10.6 Å². The minimum absolute atomic E-state index is 0.450. The molecule has 2 aliphatic rings. The molecule has 0 radical (unpaired) electrons. The van der Waals surface area contributed by atoms with Crippen LogP contribution in [0.25, 0.3) is 0 Å². The van der Waals surface area contributed by atoms with Crippen LogP contribution >= 0.6 is 11.3 Å². The second-order valence-corrected chi connectivity index (χ2v) is 7.26. The van der Waals surface area contributed by atoms with Gasteiger partial charge in [-0.05, 0) is 12.3 Å². The van der Waals surface area contributed by atoms with E-state index >= 15 is 0 Å². The number of thiazole rings is 1. The monoisotopic (exact) mass is 310 g/mol. The Morgan fingerprint density at radius 3 is 2.71 bits per heavy atom. The average molecular weight is 310 g/mol. The Morgan fingerprint density at radius 2 is 2.10 bits per heavy atom. The number of hydrogen-bond donors (Lipinski definition) is 1. The van der Waals surface area contributed by atoms with Gasteiger partial charge in [-0.3, -0.25) is 4.90 Å². The highest BCUT2D eigenvalue weighted by molar-refractivity contribution is 7.15. The van der Waals surface area contributed by atoms with E-state index in [0.717, 1.165) is 44.5 Å². The van der Waals surface area contributed by atoms with Crippen LogP contribution in [0.15, 0.2) is 0 Å². The summed E-state index contributed by atoms with van der Waals surface area (Å²) >= 11 is 1.78. The Labute approximate surface area is 131 Å². The van der Waals surface area contributed by atoms with Gasteiger partial charge in [0.05, 0.1) is 18.9 Å². The standard InChI is InChI=1S/C15H26N4OS/c1-11(2)14-13(9-16)21-15(17-14)19-4-3-12(10-19)18-5-7-20-8-6-18/h11-12H,3-10,16H2,1-2H3. The van der Waals surface area contributed by atoms with Gasteiger partial charge < -0.3 is 15.4 Å². The summed E-state index contributed by atoms with van der Waals surface area (Å²) in [6, 6.07) is 0.654. The van der Waals surface area contributed by atoms with Gasteiger partial charge in [0, 0.05) is 43.6 Å². The first-order chi connectivity index (χ1) is 10.2. The Hall–Kier alpha value is -0.690. The molecule has 5 nitrogen and oxygen atoms in total. The van der Waals surface area contributed by atoms with Gasteiger partial charge in [0.1, 0.15) is 0 Å². The van der Waals surface area contributed by atoms with Gasteiger partial charge in [-0.2, -0.15) is 0 Å². The molecule has 1 unspecified atom stereocenters. The van der Waals surface area contributed by atoms with Crippen LogP contribution in [-0.2, 0) is 11.3 Å². The van der Waals surface area contributed by atoms with Crippen LogP contribution in [-0.4, -0.2) is 55.3 Å². The van der Waals surface area contributed by atoms with E-state index < -0.39 is 0 Å². The number of nitrogens with zero attached hydrogens (tertiary/aromatic N) is 3. The molecular formula is C15H26N4OS. The highest BCUT2D eigenvalue weighted by atomic mass is 32.1. The maximum Gasteiger partial charge on any atom is 0.185 e. The van der Waals surface area contributed by atoms with Crippen LogP contribution in [0.5, 0.6) is 0 Å². The molecule has 3 rings (SSSR count). The first kappa shape index (κ1) is 15.2. The molecule has 0 saturated carbocycles. The fourth-order valence-electron chi connectivity index (χ4n) is 3.24. The van der Waals surface area contributed by atoms with Crippen LogP contribution in [0, 0.1) is 0 Å². The van der Waals surface area contributed by atoms with Crippen LogP contribution in [0.1, 0.15) is 36.8 Å². The summed E-state index contributed by atoms with van der Waals surface area (Å²) in [6.07, 6.45) is 1.23. The molecule has 0 amide bonds. The zero-order chi connectivity index (χ0) is 14.8. The van der Waals surface area contributed by atoms with Crippen molar-refractivity contribution in [3.05, 3.63) is 10.6 Å². The van der Waals surface area contributed by atoms with Crippen LogP contribution in [0.3, 0.4) is 0 Å². The van der Waals surface area contributed by atoms with Crippen molar-refractivity contribution in [2.75, 3.05) is 44.3 Å². The number of hydrogen-bond acceptors (Lipinski definition) is 6. The van der Waals surface area contributed by atoms with Crippen molar-refractivity contribution in [3.63, 3.8) is 0 Å². The van der Waals surface area contributed by atoms with E-state index in [9.17, 15) is 0 Å². The van der Waals surface area contributed by atoms with Crippen molar-refractivity contribution in [2.45, 2.75) is 38.8 Å². The molecule has 0 bridgehead atoms.